The fourth-order valence-corrected chi connectivity index (χ4v) is 1.88. The van der Waals surface area contributed by atoms with Gasteiger partial charge < -0.3 is 9.88 Å². The van der Waals surface area contributed by atoms with Crippen LogP contribution in [0.3, 0.4) is 0 Å². The summed E-state index contributed by atoms with van der Waals surface area (Å²) in [5.74, 6) is 1.65. The molecular weight excluding hydrogens is 226 g/mol. The molecule has 2 aromatic rings. The summed E-state index contributed by atoms with van der Waals surface area (Å²) >= 11 is 0. The Hall–Kier alpha value is -1.91. The predicted molar refractivity (Wildman–Crippen MR) is 72.6 cm³/mol. The van der Waals surface area contributed by atoms with Crippen LogP contribution in [-0.4, -0.2) is 26.6 Å². The lowest BCUT2D eigenvalue weighted by Crippen LogP contribution is -2.07. The number of imidazole rings is 1. The number of rotatable bonds is 4. The van der Waals surface area contributed by atoms with Crippen molar-refractivity contribution >= 4 is 5.82 Å². The lowest BCUT2D eigenvalue weighted by atomic mass is 10.3. The molecule has 1 N–H and O–H groups in total. The third kappa shape index (κ3) is 2.20. The molecule has 5 heteroatoms. The van der Waals surface area contributed by atoms with Gasteiger partial charge in [-0.1, -0.05) is 6.92 Å². The first-order valence-corrected chi connectivity index (χ1v) is 6.21. The zero-order valence-corrected chi connectivity index (χ0v) is 11.4. The number of nitrogens with zero attached hydrogens (tertiary/aromatic N) is 4. The number of hydrogen-bond donors (Lipinski definition) is 1. The zero-order valence-electron chi connectivity index (χ0n) is 11.4. The van der Waals surface area contributed by atoms with Crippen molar-refractivity contribution < 1.29 is 0 Å². The van der Waals surface area contributed by atoms with Gasteiger partial charge in [-0.05, 0) is 20.3 Å². The molecule has 0 aliphatic rings. The minimum atomic E-state index is 0.779. The number of aromatic nitrogens is 4. The van der Waals surface area contributed by atoms with Crippen LogP contribution < -0.4 is 5.32 Å². The van der Waals surface area contributed by atoms with Crippen molar-refractivity contribution in [3.05, 3.63) is 23.8 Å². The van der Waals surface area contributed by atoms with Crippen LogP contribution in [0.1, 0.15) is 24.7 Å². The largest absolute Gasteiger partial charge is 0.371 e. The quantitative estimate of drug-likeness (QED) is 0.898. The molecule has 0 aromatic carbocycles. The summed E-state index contributed by atoms with van der Waals surface area (Å²) in [5, 5.41) is 3.09. The van der Waals surface area contributed by atoms with E-state index in [1.807, 2.05) is 27.1 Å². The summed E-state index contributed by atoms with van der Waals surface area (Å²) in [4.78, 5) is 13.5. The van der Waals surface area contributed by atoms with Crippen LogP contribution in [0.2, 0.25) is 0 Å². The smallest absolute Gasteiger partial charge is 0.162 e. The lowest BCUT2D eigenvalue weighted by Gasteiger charge is -2.11. The SMILES string of the molecule is CCCn1ccnc1-c1nc(C)c(C)nc1NC. The molecule has 2 heterocycles. The van der Waals surface area contributed by atoms with Gasteiger partial charge in [-0.3, -0.25) is 0 Å². The Morgan fingerprint density at radius 2 is 1.94 bits per heavy atom. The van der Waals surface area contributed by atoms with Gasteiger partial charge in [0, 0.05) is 26.0 Å². The Bertz CT molecular complexity index is 544. The Morgan fingerprint density at radius 3 is 2.61 bits per heavy atom. The third-order valence-electron chi connectivity index (χ3n) is 2.94. The molecule has 0 spiro atoms. The van der Waals surface area contributed by atoms with E-state index in [-0.39, 0.29) is 0 Å². The van der Waals surface area contributed by atoms with Gasteiger partial charge in [-0.15, -0.1) is 0 Å². The monoisotopic (exact) mass is 245 g/mol. The van der Waals surface area contributed by atoms with Crippen molar-refractivity contribution in [2.24, 2.45) is 0 Å². The maximum Gasteiger partial charge on any atom is 0.162 e. The van der Waals surface area contributed by atoms with Gasteiger partial charge in [0.2, 0.25) is 0 Å². The molecule has 0 saturated carbocycles. The van der Waals surface area contributed by atoms with Gasteiger partial charge in [0.1, 0.15) is 5.69 Å². The first kappa shape index (κ1) is 12.5. The normalized spacial score (nSPS) is 10.7. The highest BCUT2D eigenvalue weighted by molar-refractivity contribution is 5.66. The molecule has 0 aliphatic heterocycles. The Balaban J connectivity index is 2.55. The second-order valence-electron chi connectivity index (χ2n) is 4.29. The molecule has 0 amide bonds. The van der Waals surface area contributed by atoms with E-state index in [4.69, 9.17) is 0 Å². The zero-order chi connectivity index (χ0) is 13.1. The molecule has 0 atom stereocenters. The fraction of sp³-hybridized carbons (Fsp3) is 0.462. The van der Waals surface area contributed by atoms with E-state index < -0.39 is 0 Å². The van der Waals surface area contributed by atoms with E-state index in [9.17, 15) is 0 Å². The Labute approximate surface area is 107 Å². The number of nitrogens with one attached hydrogen (secondary N) is 1. The highest BCUT2D eigenvalue weighted by atomic mass is 15.1. The van der Waals surface area contributed by atoms with E-state index in [0.717, 1.165) is 41.7 Å². The number of hydrogen-bond acceptors (Lipinski definition) is 4. The van der Waals surface area contributed by atoms with Gasteiger partial charge in [0.25, 0.3) is 0 Å². The van der Waals surface area contributed by atoms with E-state index >= 15 is 0 Å². The van der Waals surface area contributed by atoms with Crippen LogP contribution in [-0.2, 0) is 6.54 Å². The average molecular weight is 245 g/mol. The maximum absolute atomic E-state index is 4.62. The summed E-state index contributed by atoms with van der Waals surface area (Å²) < 4.78 is 2.11. The van der Waals surface area contributed by atoms with Crippen molar-refractivity contribution in [3.8, 4) is 11.5 Å². The molecule has 0 radical (unpaired) electrons. The molecule has 0 unspecified atom stereocenters. The summed E-state index contributed by atoms with van der Waals surface area (Å²) in [6, 6.07) is 0. The summed E-state index contributed by atoms with van der Waals surface area (Å²) in [6.45, 7) is 7.02. The topological polar surface area (TPSA) is 55.6 Å². The highest BCUT2D eigenvalue weighted by Crippen LogP contribution is 2.24. The summed E-state index contributed by atoms with van der Waals surface area (Å²) in [7, 11) is 1.86. The van der Waals surface area contributed by atoms with Crippen molar-refractivity contribution in [2.75, 3.05) is 12.4 Å². The molecule has 0 saturated heterocycles. The molecule has 96 valence electrons. The number of aryl methyl sites for hydroxylation is 3. The highest BCUT2D eigenvalue weighted by Gasteiger charge is 2.14. The standard InChI is InChI=1S/C13H19N5/c1-5-7-18-8-6-15-13(18)11-12(14-4)17-10(3)9(2)16-11/h6,8H,5,7H2,1-4H3,(H,14,17). The Morgan fingerprint density at radius 1 is 1.22 bits per heavy atom. The molecule has 18 heavy (non-hydrogen) atoms. The van der Waals surface area contributed by atoms with E-state index in [1.54, 1.807) is 6.20 Å². The molecule has 2 aromatic heterocycles. The third-order valence-corrected chi connectivity index (χ3v) is 2.94. The molecule has 2 rings (SSSR count). The van der Waals surface area contributed by atoms with Crippen molar-refractivity contribution in [3.63, 3.8) is 0 Å². The van der Waals surface area contributed by atoms with Gasteiger partial charge in [0.05, 0.1) is 11.4 Å². The summed E-state index contributed by atoms with van der Waals surface area (Å²) in [6.07, 6.45) is 4.85. The Kier molecular flexibility index (Phi) is 3.60. The second kappa shape index (κ2) is 5.16. The van der Waals surface area contributed by atoms with E-state index in [2.05, 4.69) is 31.8 Å². The van der Waals surface area contributed by atoms with Gasteiger partial charge in [-0.2, -0.15) is 0 Å². The molecule has 5 nitrogen and oxygen atoms in total. The first-order chi connectivity index (χ1) is 8.67. The van der Waals surface area contributed by atoms with Crippen molar-refractivity contribution in [1.29, 1.82) is 0 Å². The summed E-state index contributed by atoms with van der Waals surface area (Å²) in [5.41, 5.74) is 2.70. The fourth-order valence-electron chi connectivity index (χ4n) is 1.88. The van der Waals surface area contributed by atoms with Crippen LogP contribution in [0.25, 0.3) is 11.5 Å². The van der Waals surface area contributed by atoms with Gasteiger partial charge in [-0.25, -0.2) is 15.0 Å². The van der Waals surface area contributed by atoms with E-state index in [1.165, 1.54) is 0 Å². The van der Waals surface area contributed by atoms with Gasteiger partial charge >= 0.3 is 0 Å². The minimum absolute atomic E-state index is 0.779. The van der Waals surface area contributed by atoms with Crippen molar-refractivity contribution in [2.45, 2.75) is 33.7 Å². The molecule has 0 fully saturated rings. The minimum Gasteiger partial charge on any atom is -0.371 e. The van der Waals surface area contributed by atoms with Crippen LogP contribution in [0.4, 0.5) is 5.82 Å². The second-order valence-corrected chi connectivity index (χ2v) is 4.29. The van der Waals surface area contributed by atoms with E-state index in [0.29, 0.717) is 0 Å². The van der Waals surface area contributed by atoms with Crippen LogP contribution in [0, 0.1) is 13.8 Å². The lowest BCUT2D eigenvalue weighted by molar-refractivity contribution is 0.683. The molecule has 0 bridgehead atoms. The van der Waals surface area contributed by atoms with Crippen LogP contribution in [0.15, 0.2) is 12.4 Å². The maximum atomic E-state index is 4.62. The van der Waals surface area contributed by atoms with Crippen LogP contribution >= 0.6 is 0 Å². The first-order valence-electron chi connectivity index (χ1n) is 6.21. The predicted octanol–water partition coefficient (Wildman–Crippen LogP) is 2.41. The molecular formula is C13H19N5. The van der Waals surface area contributed by atoms with Crippen molar-refractivity contribution in [1.82, 2.24) is 19.5 Å². The molecule has 0 aliphatic carbocycles. The average Bonchev–Trinajstić information content (AvgIpc) is 2.80. The van der Waals surface area contributed by atoms with Crippen LogP contribution in [0.5, 0.6) is 0 Å². The number of anilines is 1. The van der Waals surface area contributed by atoms with Gasteiger partial charge in [0.15, 0.2) is 11.6 Å².